The van der Waals surface area contributed by atoms with Gasteiger partial charge in [-0.25, -0.2) is 4.79 Å². The molecule has 148 valence electrons. The highest BCUT2D eigenvalue weighted by Gasteiger charge is 2.40. The van der Waals surface area contributed by atoms with Crippen LogP contribution in [-0.4, -0.2) is 17.1 Å². The van der Waals surface area contributed by atoms with E-state index in [0.717, 1.165) is 44.1 Å². The van der Waals surface area contributed by atoms with E-state index in [1.54, 1.807) is 11.3 Å². The third-order valence-electron chi connectivity index (χ3n) is 5.59. The van der Waals surface area contributed by atoms with Crippen molar-refractivity contribution in [1.82, 2.24) is 5.48 Å². The largest absolute Gasteiger partial charge is 0.364 e. The fraction of sp³-hybridized carbons (Fsp3) is 0.650. The van der Waals surface area contributed by atoms with E-state index in [4.69, 9.17) is 16.4 Å². The molecule has 4 rings (SSSR count). The minimum atomic E-state index is -0.430. The summed E-state index contributed by atoms with van der Waals surface area (Å²) in [6.07, 6.45) is 7.26. The van der Waals surface area contributed by atoms with E-state index in [1.165, 1.54) is 11.3 Å². The second-order valence-electron chi connectivity index (χ2n) is 7.72. The standard InChI is InChI=1S/C14H17NO3S.C6H9ClO/c1-8-3-2-4-11-12(8)10(7-19-11)14(17)18-15-13(16)9-5-6-9;1-2-4-3-5(4)6(7)8/h7-9H,2-6H2,1H3,(H,15,16);4-5H,2-3H2,1H3. The molecule has 2 fully saturated rings. The molecule has 5 nitrogen and oxygen atoms in total. The van der Waals surface area contributed by atoms with Crippen LogP contribution in [0.25, 0.3) is 0 Å². The fourth-order valence-electron chi connectivity index (χ4n) is 3.57. The van der Waals surface area contributed by atoms with E-state index in [0.29, 0.717) is 17.4 Å². The Morgan fingerprint density at radius 3 is 2.59 bits per heavy atom. The Balaban J connectivity index is 0.000000221. The highest BCUT2D eigenvalue weighted by molar-refractivity contribution is 7.10. The fourth-order valence-corrected chi connectivity index (χ4v) is 5.02. The van der Waals surface area contributed by atoms with Gasteiger partial charge in [-0.1, -0.05) is 20.3 Å². The molecule has 2 saturated carbocycles. The van der Waals surface area contributed by atoms with E-state index >= 15 is 0 Å². The third-order valence-corrected chi connectivity index (χ3v) is 6.94. The Kier molecular flexibility index (Phi) is 6.58. The minimum absolute atomic E-state index is 0.0445. The Hall–Kier alpha value is -1.40. The van der Waals surface area contributed by atoms with Crippen LogP contribution in [0.1, 0.15) is 79.1 Å². The molecule has 7 heteroatoms. The van der Waals surface area contributed by atoms with Gasteiger partial charge in [0.1, 0.15) is 0 Å². The normalized spacial score (nSPS) is 25.5. The van der Waals surface area contributed by atoms with Gasteiger partial charge in [0.15, 0.2) is 0 Å². The average Bonchev–Trinajstić information content (AvgIpc) is 3.56. The zero-order valence-electron chi connectivity index (χ0n) is 15.8. The monoisotopic (exact) mass is 411 g/mol. The van der Waals surface area contributed by atoms with Crippen molar-refractivity contribution in [3.63, 3.8) is 0 Å². The molecule has 3 aliphatic carbocycles. The maximum Gasteiger partial charge on any atom is 0.364 e. The quantitative estimate of drug-likeness (QED) is 0.581. The summed E-state index contributed by atoms with van der Waals surface area (Å²) >= 11 is 6.83. The van der Waals surface area contributed by atoms with Crippen LogP contribution in [0, 0.1) is 17.8 Å². The molecule has 1 amide bonds. The number of hydrogen-bond donors (Lipinski definition) is 1. The summed E-state index contributed by atoms with van der Waals surface area (Å²) in [5.41, 5.74) is 4.03. The third kappa shape index (κ3) is 5.11. The van der Waals surface area contributed by atoms with Gasteiger partial charge in [0.2, 0.25) is 5.24 Å². The molecule has 3 unspecified atom stereocenters. The molecule has 0 aliphatic heterocycles. The number of carbonyl (C=O) groups excluding carboxylic acids is 3. The number of fused-ring (bicyclic) bond motifs is 1. The summed E-state index contributed by atoms with van der Waals surface area (Å²) in [4.78, 5) is 40.1. The molecule has 0 spiro atoms. The number of carbonyl (C=O) groups is 3. The molecule has 3 atom stereocenters. The van der Waals surface area contributed by atoms with E-state index in [-0.39, 0.29) is 23.0 Å². The molecule has 1 heterocycles. The summed E-state index contributed by atoms with van der Waals surface area (Å²) in [5.74, 6) is 0.659. The van der Waals surface area contributed by atoms with Gasteiger partial charge in [-0.3, -0.25) is 9.59 Å². The summed E-state index contributed by atoms with van der Waals surface area (Å²) in [7, 11) is 0. The van der Waals surface area contributed by atoms with Crippen molar-refractivity contribution in [1.29, 1.82) is 0 Å². The SMILES string of the molecule is CC1CCCc2scc(C(=O)ONC(=O)C3CC3)c21.CCC1CC1C(=O)Cl. The summed E-state index contributed by atoms with van der Waals surface area (Å²) < 4.78 is 0. The van der Waals surface area contributed by atoms with Gasteiger partial charge in [-0.05, 0) is 67.5 Å². The van der Waals surface area contributed by atoms with Gasteiger partial charge in [-0.2, -0.15) is 5.48 Å². The number of rotatable bonds is 4. The van der Waals surface area contributed by atoms with Crippen molar-refractivity contribution < 1.29 is 19.2 Å². The van der Waals surface area contributed by atoms with Crippen LogP contribution in [0.5, 0.6) is 0 Å². The van der Waals surface area contributed by atoms with Gasteiger partial charge in [0.25, 0.3) is 5.91 Å². The number of amides is 1. The lowest BCUT2D eigenvalue weighted by Gasteiger charge is -2.19. The summed E-state index contributed by atoms with van der Waals surface area (Å²) in [5, 5.41) is 1.72. The maximum absolute atomic E-state index is 12.0. The molecular weight excluding hydrogens is 386 g/mol. The first-order valence-corrected chi connectivity index (χ1v) is 11.0. The predicted molar refractivity (Wildman–Crippen MR) is 105 cm³/mol. The zero-order chi connectivity index (χ0) is 19.6. The minimum Gasteiger partial charge on any atom is -0.335 e. The first kappa shape index (κ1) is 20.3. The second kappa shape index (κ2) is 8.74. The van der Waals surface area contributed by atoms with Crippen LogP contribution in [0.3, 0.4) is 0 Å². The lowest BCUT2D eigenvalue weighted by atomic mass is 9.87. The zero-order valence-corrected chi connectivity index (χ0v) is 17.3. The van der Waals surface area contributed by atoms with E-state index in [9.17, 15) is 14.4 Å². The van der Waals surface area contributed by atoms with Crippen LogP contribution in [0.4, 0.5) is 0 Å². The topological polar surface area (TPSA) is 72.5 Å². The molecule has 1 aromatic heterocycles. The van der Waals surface area contributed by atoms with Crippen LogP contribution in [0.2, 0.25) is 0 Å². The van der Waals surface area contributed by atoms with E-state index < -0.39 is 5.97 Å². The summed E-state index contributed by atoms with van der Waals surface area (Å²) in [6, 6.07) is 0. The number of hydroxylamine groups is 1. The Labute approximate surface area is 168 Å². The highest BCUT2D eigenvalue weighted by atomic mass is 35.5. The molecule has 0 radical (unpaired) electrons. The molecule has 27 heavy (non-hydrogen) atoms. The van der Waals surface area contributed by atoms with Crippen LogP contribution < -0.4 is 5.48 Å². The molecule has 1 N–H and O–H groups in total. The van der Waals surface area contributed by atoms with Gasteiger partial charge < -0.3 is 4.84 Å². The van der Waals surface area contributed by atoms with Crippen molar-refractivity contribution in [3.8, 4) is 0 Å². The van der Waals surface area contributed by atoms with Crippen molar-refractivity contribution in [3.05, 3.63) is 21.4 Å². The first-order chi connectivity index (χ1) is 12.9. The number of thiophene rings is 1. The predicted octanol–water partition coefficient (Wildman–Crippen LogP) is 4.58. The molecule has 0 bridgehead atoms. The van der Waals surface area contributed by atoms with Gasteiger partial charge >= 0.3 is 5.97 Å². The Morgan fingerprint density at radius 1 is 1.30 bits per heavy atom. The van der Waals surface area contributed by atoms with E-state index in [1.807, 2.05) is 5.38 Å². The molecular formula is C20H26ClNO4S. The molecule has 0 saturated heterocycles. The Bertz CT molecular complexity index is 728. The molecule has 0 aromatic carbocycles. The average molecular weight is 412 g/mol. The number of nitrogens with one attached hydrogen (secondary N) is 1. The van der Waals surface area contributed by atoms with Gasteiger partial charge in [0, 0.05) is 22.1 Å². The summed E-state index contributed by atoms with van der Waals surface area (Å²) in [6.45, 7) is 4.23. The first-order valence-electron chi connectivity index (χ1n) is 9.72. The Morgan fingerprint density at radius 2 is 2.04 bits per heavy atom. The number of halogens is 1. The second-order valence-corrected chi connectivity index (χ2v) is 9.06. The van der Waals surface area contributed by atoms with Crippen molar-refractivity contribution >= 4 is 40.1 Å². The highest BCUT2D eigenvalue weighted by Crippen LogP contribution is 2.42. The van der Waals surface area contributed by atoms with Gasteiger partial charge in [-0.15, -0.1) is 11.3 Å². The van der Waals surface area contributed by atoms with Crippen molar-refractivity contribution in [2.45, 2.75) is 64.7 Å². The van der Waals surface area contributed by atoms with Crippen molar-refractivity contribution in [2.75, 3.05) is 0 Å². The molecule has 1 aromatic rings. The van der Waals surface area contributed by atoms with Crippen LogP contribution >= 0.6 is 22.9 Å². The van der Waals surface area contributed by atoms with E-state index in [2.05, 4.69) is 19.3 Å². The lowest BCUT2D eigenvalue weighted by molar-refractivity contribution is -0.131. The van der Waals surface area contributed by atoms with Crippen LogP contribution in [-0.2, 0) is 20.8 Å². The lowest BCUT2D eigenvalue weighted by Crippen LogP contribution is -2.28. The number of hydrogen-bond acceptors (Lipinski definition) is 5. The number of aryl methyl sites for hydroxylation is 1. The van der Waals surface area contributed by atoms with Gasteiger partial charge in [0.05, 0.1) is 5.56 Å². The van der Waals surface area contributed by atoms with Crippen molar-refractivity contribution in [2.24, 2.45) is 17.8 Å². The molecule has 3 aliphatic rings. The van der Waals surface area contributed by atoms with Crippen LogP contribution in [0.15, 0.2) is 5.38 Å². The maximum atomic E-state index is 12.0. The smallest absolute Gasteiger partial charge is 0.335 e.